The number of carbonyl (C=O) groups is 2. The Bertz CT molecular complexity index is 1960. The van der Waals surface area contributed by atoms with Crippen LogP contribution in [-0.4, -0.2) is 54.9 Å². The van der Waals surface area contributed by atoms with Crippen molar-refractivity contribution in [3.05, 3.63) is 56.9 Å². The number of benzene rings is 1. The van der Waals surface area contributed by atoms with Gasteiger partial charge in [-0.3, -0.25) is 14.3 Å². The van der Waals surface area contributed by atoms with Crippen LogP contribution in [0.5, 0.6) is 5.88 Å². The van der Waals surface area contributed by atoms with Gasteiger partial charge in [-0.15, -0.1) is 0 Å². The van der Waals surface area contributed by atoms with Crippen LogP contribution in [0, 0.1) is 17.1 Å². The van der Waals surface area contributed by atoms with Gasteiger partial charge >= 0.3 is 6.09 Å². The van der Waals surface area contributed by atoms with Gasteiger partial charge < -0.3 is 20.7 Å². The zero-order chi connectivity index (χ0) is 30.8. The quantitative estimate of drug-likeness (QED) is 0.335. The zero-order valence-electron chi connectivity index (χ0n) is 23.9. The molecule has 0 spiro atoms. The van der Waals surface area contributed by atoms with Crippen LogP contribution in [0.1, 0.15) is 44.1 Å². The van der Waals surface area contributed by atoms with E-state index in [4.69, 9.17) is 14.6 Å². The van der Waals surface area contributed by atoms with E-state index in [1.54, 1.807) is 10.2 Å². The van der Waals surface area contributed by atoms with Crippen molar-refractivity contribution in [2.45, 2.75) is 32.0 Å². The van der Waals surface area contributed by atoms with Gasteiger partial charge in [0.1, 0.15) is 17.3 Å². The number of aromatic amines is 1. The van der Waals surface area contributed by atoms with E-state index in [9.17, 15) is 19.6 Å². The molecule has 1 fully saturated rings. The Morgan fingerprint density at radius 1 is 1.38 bits per heavy atom. The van der Waals surface area contributed by atoms with Gasteiger partial charge in [-0.05, 0) is 25.0 Å². The first-order valence-electron chi connectivity index (χ1n) is 13.6. The minimum atomic E-state index is -2.90. The van der Waals surface area contributed by atoms with Crippen molar-refractivity contribution in [3.63, 3.8) is 0 Å². The lowest BCUT2D eigenvalue weighted by Gasteiger charge is -2.14. The number of halogens is 1. The summed E-state index contributed by atoms with van der Waals surface area (Å²) in [4.78, 5) is 44.1. The molecule has 4 aromatic rings. The highest BCUT2D eigenvalue weighted by molar-refractivity contribution is 6.01. The fourth-order valence-corrected chi connectivity index (χ4v) is 5.08. The summed E-state index contributed by atoms with van der Waals surface area (Å²) < 4.78 is 44.2. The molecule has 6 rings (SSSR count). The number of carbonyl (C=O) groups excluding carboxylic acids is 2. The van der Waals surface area contributed by atoms with Gasteiger partial charge in [0.05, 0.1) is 34.4 Å². The average molecular weight is 547 g/mol. The highest BCUT2D eigenvalue weighted by atomic mass is 19.1. The summed E-state index contributed by atoms with van der Waals surface area (Å²) in [5.74, 6) is -1.73. The first-order valence-corrected chi connectivity index (χ1v) is 12.1. The van der Waals surface area contributed by atoms with Crippen LogP contribution in [0.2, 0.25) is 0 Å². The Morgan fingerprint density at radius 3 is 2.88 bits per heavy atom. The molecule has 0 atom stereocenters. The number of hydrogen-bond acceptors (Lipinski definition) is 9. The first kappa shape index (κ1) is 21.7. The van der Waals surface area contributed by atoms with E-state index in [1.807, 2.05) is 0 Å². The van der Waals surface area contributed by atoms with Crippen molar-refractivity contribution in [3.8, 4) is 34.5 Å². The molecule has 4 heterocycles. The molecule has 1 aliphatic carbocycles. The van der Waals surface area contributed by atoms with E-state index in [-0.39, 0.29) is 75.1 Å². The number of hydrogen-bond donors (Lipinski definition) is 3. The van der Waals surface area contributed by atoms with Gasteiger partial charge in [0.15, 0.2) is 0 Å². The molecule has 3 aromatic heterocycles. The van der Waals surface area contributed by atoms with Crippen molar-refractivity contribution >= 4 is 22.8 Å². The minimum Gasteiger partial charge on any atom is -0.390 e. The van der Waals surface area contributed by atoms with Gasteiger partial charge in [0.2, 0.25) is 5.88 Å². The number of aryl methyl sites for hydroxylation is 1. The van der Waals surface area contributed by atoms with Gasteiger partial charge in [-0.25, -0.2) is 19.3 Å². The molecule has 13 nitrogen and oxygen atoms in total. The summed E-state index contributed by atoms with van der Waals surface area (Å²) in [5, 5.41) is 22.2. The fourth-order valence-electron chi connectivity index (χ4n) is 5.08. The number of nitrogens with one attached hydrogen (secondary N) is 2. The van der Waals surface area contributed by atoms with Crippen LogP contribution in [0.4, 0.5) is 9.18 Å². The second kappa shape index (κ2) is 9.24. The standard InChI is InChI=1S/C26H22FN9O4/c1-30-26(39)40-24-21-13(19(8-29)33-34-23(21)37)6-18(32-24)15-9-31-35(2)22(15)20-14(7-28)16-10-36(11-3-4-11)25(38)12(16)5-17(20)27/h5-6,9,11H,3-4,8,10,29H2,1-2H3,(H,30,39)(H,34,37)/i1D3. The number of pyridine rings is 1. The molecule has 2 aliphatic rings. The molecule has 0 unspecified atom stereocenters. The average Bonchev–Trinajstić information content (AvgIpc) is 3.64. The number of fused-ring (bicyclic) bond motifs is 2. The minimum absolute atomic E-state index is 0.0221. The largest absolute Gasteiger partial charge is 0.413 e. The fraction of sp³-hybridized carbons (Fsp3) is 0.269. The molecule has 1 aromatic carbocycles. The van der Waals surface area contributed by atoms with Crippen molar-refractivity contribution < 1.29 is 22.8 Å². The Morgan fingerprint density at radius 2 is 2.17 bits per heavy atom. The van der Waals surface area contributed by atoms with E-state index >= 15 is 4.39 Å². The monoisotopic (exact) mass is 546 g/mol. The van der Waals surface area contributed by atoms with Crippen LogP contribution >= 0.6 is 0 Å². The molecule has 2 amide bonds. The number of rotatable bonds is 5. The third-order valence-electron chi connectivity index (χ3n) is 7.06. The van der Waals surface area contributed by atoms with Crippen LogP contribution in [0.25, 0.3) is 33.3 Å². The SMILES string of the molecule is [2H]C([2H])([2H])NC(=O)Oc1nc(-c2cnn(C)c2-c2c(F)cc3c(c2C#N)CN(C2CC2)C3=O)cc2c(CN)n[nH]c(=O)c12. The third-order valence-corrected chi connectivity index (χ3v) is 7.06. The molecule has 1 aliphatic heterocycles. The number of nitriles is 1. The summed E-state index contributed by atoms with van der Waals surface area (Å²) >= 11 is 0. The van der Waals surface area contributed by atoms with E-state index in [0.29, 0.717) is 5.56 Å². The van der Waals surface area contributed by atoms with Gasteiger partial charge in [0.25, 0.3) is 11.5 Å². The van der Waals surface area contributed by atoms with Gasteiger partial charge in [-0.1, -0.05) is 0 Å². The van der Waals surface area contributed by atoms with Gasteiger partial charge in [0, 0.05) is 59.3 Å². The lowest BCUT2D eigenvalue weighted by atomic mass is 9.93. The predicted molar refractivity (Wildman–Crippen MR) is 138 cm³/mol. The predicted octanol–water partition coefficient (Wildman–Crippen LogP) is 1.69. The Kier molecular flexibility index (Phi) is 5.02. The van der Waals surface area contributed by atoms with E-state index in [1.165, 1.54) is 24.0 Å². The normalized spacial score (nSPS) is 15.8. The molecule has 0 radical (unpaired) electrons. The maximum atomic E-state index is 15.9. The van der Waals surface area contributed by atoms with Crippen molar-refractivity contribution in [1.82, 2.24) is 35.2 Å². The highest BCUT2D eigenvalue weighted by Crippen LogP contribution is 2.42. The van der Waals surface area contributed by atoms with Crippen molar-refractivity contribution in [1.29, 1.82) is 5.26 Å². The van der Waals surface area contributed by atoms with Crippen LogP contribution in [0.15, 0.2) is 23.1 Å². The summed E-state index contributed by atoms with van der Waals surface area (Å²) in [7, 11) is 1.52. The topological polar surface area (TPSA) is 185 Å². The van der Waals surface area contributed by atoms with E-state index in [0.717, 1.165) is 18.9 Å². The first-order chi connectivity index (χ1) is 20.4. The number of ether oxygens (including phenoxy) is 1. The van der Waals surface area contributed by atoms with Crippen molar-refractivity contribution in [2.24, 2.45) is 12.8 Å². The number of amides is 2. The van der Waals surface area contributed by atoms with Crippen LogP contribution < -0.4 is 21.3 Å². The molecular formula is C26H22FN9O4. The highest BCUT2D eigenvalue weighted by Gasteiger charge is 2.41. The molecule has 1 saturated carbocycles. The summed E-state index contributed by atoms with van der Waals surface area (Å²) in [5.41, 5.74) is 5.92. The molecule has 0 bridgehead atoms. The second-order valence-electron chi connectivity index (χ2n) is 9.39. The molecule has 4 N–H and O–H groups in total. The number of nitrogens with two attached hydrogens (primary N) is 1. The Labute approximate surface area is 229 Å². The molecule has 14 heteroatoms. The molecule has 40 heavy (non-hydrogen) atoms. The molecule has 202 valence electrons. The van der Waals surface area contributed by atoms with Crippen LogP contribution in [0.3, 0.4) is 0 Å². The Hall–Kier alpha value is -5.16. The van der Waals surface area contributed by atoms with Crippen molar-refractivity contribution in [2.75, 3.05) is 6.98 Å². The Balaban J connectivity index is 1.56. The lowest BCUT2D eigenvalue weighted by molar-refractivity contribution is 0.0766. The summed E-state index contributed by atoms with van der Waals surface area (Å²) in [6, 6.07) is 4.66. The summed E-state index contributed by atoms with van der Waals surface area (Å²) in [6.45, 7) is -2.88. The second-order valence-corrected chi connectivity index (χ2v) is 9.39. The molecule has 0 saturated heterocycles. The zero-order valence-corrected chi connectivity index (χ0v) is 20.9. The maximum absolute atomic E-state index is 15.9. The number of H-pyrrole nitrogens is 1. The van der Waals surface area contributed by atoms with Crippen LogP contribution in [-0.2, 0) is 20.1 Å². The smallest absolute Gasteiger partial charge is 0.390 e. The van der Waals surface area contributed by atoms with E-state index < -0.39 is 30.3 Å². The number of aromatic nitrogens is 5. The third kappa shape index (κ3) is 3.78. The van der Waals surface area contributed by atoms with E-state index in [2.05, 4.69) is 26.3 Å². The molecular weight excluding hydrogens is 521 g/mol. The maximum Gasteiger partial charge on any atom is 0.413 e. The summed E-state index contributed by atoms with van der Waals surface area (Å²) in [6.07, 6.45) is 1.61. The number of nitrogens with zero attached hydrogens (tertiary/aromatic N) is 6. The lowest BCUT2D eigenvalue weighted by Crippen LogP contribution is -2.25. The van der Waals surface area contributed by atoms with Gasteiger partial charge in [-0.2, -0.15) is 15.5 Å².